The van der Waals surface area contributed by atoms with Gasteiger partial charge in [0.1, 0.15) is 12.4 Å². The van der Waals surface area contributed by atoms with Crippen LogP contribution in [0.15, 0.2) is 54.7 Å². The summed E-state index contributed by atoms with van der Waals surface area (Å²) in [7, 11) is 1.82. The maximum atomic E-state index is 12.4. The van der Waals surface area contributed by atoms with E-state index in [-0.39, 0.29) is 6.03 Å². The molecule has 8 nitrogen and oxygen atoms in total. The first-order chi connectivity index (χ1) is 15.6. The molecule has 0 spiro atoms. The Morgan fingerprint density at radius 1 is 1.12 bits per heavy atom. The Morgan fingerprint density at radius 2 is 1.88 bits per heavy atom. The number of carbonyl (C=O) groups excluding carboxylic acids is 1. The van der Waals surface area contributed by atoms with E-state index in [0.717, 1.165) is 44.1 Å². The van der Waals surface area contributed by atoms with E-state index in [9.17, 15) is 4.79 Å². The van der Waals surface area contributed by atoms with Crippen LogP contribution in [0, 0.1) is 0 Å². The van der Waals surface area contributed by atoms with Gasteiger partial charge >= 0.3 is 6.03 Å². The van der Waals surface area contributed by atoms with E-state index in [0.29, 0.717) is 28.8 Å². The number of ether oxygens (including phenoxy) is 2. The highest BCUT2D eigenvalue weighted by molar-refractivity contribution is 6.33. The summed E-state index contributed by atoms with van der Waals surface area (Å²) < 4.78 is 13.2. The van der Waals surface area contributed by atoms with Crippen molar-refractivity contribution in [2.24, 2.45) is 7.05 Å². The SMILES string of the molecule is Cn1ncc(Cl)c1-c1cc(NC(=O)Nc2ccccc2)ccc1OCCN1CCOCC1. The number of hydrogen-bond donors (Lipinski definition) is 2. The molecule has 0 bridgehead atoms. The number of anilines is 2. The van der Waals surface area contributed by atoms with Gasteiger partial charge in [-0.3, -0.25) is 9.58 Å². The monoisotopic (exact) mass is 455 g/mol. The van der Waals surface area contributed by atoms with E-state index in [1.807, 2.05) is 55.6 Å². The number of benzene rings is 2. The largest absolute Gasteiger partial charge is 0.492 e. The molecule has 168 valence electrons. The highest BCUT2D eigenvalue weighted by Crippen LogP contribution is 2.36. The van der Waals surface area contributed by atoms with Gasteiger partial charge in [0.25, 0.3) is 0 Å². The summed E-state index contributed by atoms with van der Waals surface area (Å²) in [6, 6.07) is 14.4. The molecule has 1 aliphatic rings. The highest BCUT2D eigenvalue weighted by atomic mass is 35.5. The van der Waals surface area contributed by atoms with Gasteiger partial charge in [-0.25, -0.2) is 4.79 Å². The molecular weight excluding hydrogens is 430 g/mol. The van der Waals surface area contributed by atoms with Crippen molar-refractivity contribution < 1.29 is 14.3 Å². The van der Waals surface area contributed by atoms with Gasteiger partial charge in [0.05, 0.1) is 30.1 Å². The maximum Gasteiger partial charge on any atom is 0.323 e. The van der Waals surface area contributed by atoms with Crippen LogP contribution in [0.5, 0.6) is 5.75 Å². The summed E-state index contributed by atoms with van der Waals surface area (Å²) in [5.41, 5.74) is 2.81. The van der Waals surface area contributed by atoms with Crippen molar-refractivity contribution in [1.29, 1.82) is 0 Å². The molecule has 1 fully saturated rings. The summed E-state index contributed by atoms with van der Waals surface area (Å²) in [4.78, 5) is 14.7. The number of urea groups is 1. The van der Waals surface area contributed by atoms with E-state index in [1.54, 1.807) is 10.9 Å². The summed E-state index contributed by atoms with van der Waals surface area (Å²) in [5.74, 6) is 0.678. The van der Waals surface area contributed by atoms with Gasteiger partial charge in [-0.05, 0) is 30.3 Å². The minimum atomic E-state index is -0.334. The molecule has 1 saturated heterocycles. The third-order valence-electron chi connectivity index (χ3n) is 5.19. The number of aromatic nitrogens is 2. The van der Waals surface area contributed by atoms with Crippen molar-refractivity contribution in [2.45, 2.75) is 0 Å². The van der Waals surface area contributed by atoms with Gasteiger partial charge in [0.15, 0.2) is 0 Å². The zero-order chi connectivity index (χ0) is 22.3. The first-order valence-electron chi connectivity index (χ1n) is 10.5. The molecule has 1 aliphatic heterocycles. The first-order valence-corrected chi connectivity index (χ1v) is 10.9. The fourth-order valence-electron chi connectivity index (χ4n) is 3.56. The maximum absolute atomic E-state index is 12.4. The Kier molecular flexibility index (Phi) is 7.26. The number of aryl methyl sites for hydroxylation is 1. The molecule has 2 heterocycles. The molecule has 4 rings (SSSR count). The lowest BCUT2D eigenvalue weighted by molar-refractivity contribution is 0.0323. The van der Waals surface area contributed by atoms with E-state index >= 15 is 0 Å². The molecule has 32 heavy (non-hydrogen) atoms. The van der Waals surface area contributed by atoms with E-state index in [2.05, 4.69) is 20.6 Å². The van der Waals surface area contributed by atoms with Crippen LogP contribution in [0.3, 0.4) is 0 Å². The Balaban J connectivity index is 1.50. The van der Waals surface area contributed by atoms with E-state index < -0.39 is 0 Å². The molecule has 9 heteroatoms. The number of nitrogens with zero attached hydrogens (tertiary/aromatic N) is 3. The lowest BCUT2D eigenvalue weighted by Gasteiger charge is -2.26. The second kappa shape index (κ2) is 10.5. The molecule has 0 atom stereocenters. The highest BCUT2D eigenvalue weighted by Gasteiger charge is 2.17. The standard InChI is InChI=1S/C23H26ClN5O3/c1-28-22(20(24)16-25-28)19-15-18(27-23(30)26-17-5-3-2-4-6-17)7-8-21(19)32-14-11-29-9-12-31-13-10-29/h2-8,15-16H,9-14H2,1H3,(H2,26,27,30). The Morgan fingerprint density at radius 3 is 2.59 bits per heavy atom. The van der Waals surface area contributed by atoms with Crippen LogP contribution >= 0.6 is 11.6 Å². The number of hydrogen-bond acceptors (Lipinski definition) is 5. The van der Waals surface area contributed by atoms with Crippen LogP contribution < -0.4 is 15.4 Å². The van der Waals surface area contributed by atoms with Gasteiger partial charge in [-0.1, -0.05) is 29.8 Å². The summed E-state index contributed by atoms with van der Waals surface area (Å²) in [6.45, 7) is 4.65. The van der Waals surface area contributed by atoms with Gasteiger partial charge in [0, 0.05) is 43.6 Å². The molecule has 3 aromatic rings. The fraction of sp³-hybridized carbons (Fsp3) is 0.304. The predicted molar refractivity (Wildman–Crippen MR) is 125 cm³/mol. The van der Waals surface area contributed by atoms with Crippen molar-refractivity contribution in [3.8, 4) is 17.0 Å². The first kappa shape index (κ1) is 22.1. The zero-order valence-electron chi connectivity index (χ0n) is 17.9. The van der Waals surface area contributed by atoms with Crippen LogP contribution in [0.1, 0.15) is 0 Å². The fourth-order valence-corrected chi connectivity index (χ4v) is 3.82. The van der Waals surface area contributed by atoms with Crippen molar-refractivity contribution in [3.63, 3.8) is 0 Å². The normalized spacial score (nSPS) is 14.2. The summed E-state index contributed by atoms with van der Waals surface area (Å²) in [5, 5.41) is 10.4. The summed E-state index contributed by atoms with van der Waals surface area (Å²) >= 11 is 6.41. The molecule has 1 aromatic heterocycles. The molecule has 0 radical (unpaired) electrons. The number of halogens is 1. The van der Waals surface area contributed by atoms with Gasteiger partial charge in [-0.2, -0.15) is 5.10 Å². The third-order valence-corrected chi connectivity index (χ3v) is 5.46. The lowest BCUT2D eigenvalue weighted by atomic mass is 10.1. The van der Waals surface area contributed by atoms with Gasteiger partial charge in [0.2, 0.25) is 0 Å². The number of amides is 2. The van der Waals surface area contributed by atoms with Crippen molar-refractivity contribution >= 4 is 29.0 Å². The second-order valence-electron chi connectivity index (χ2n) is 7.42. The molecule has 2 amide bonds. The summed E-state index contributed by atoms with van der Waals surface area (Å²) in [6.07, 6.45) is 1.59. The van der Waals surface area contributed by atoms with Crippen LogP contribution in [0.2, 0.25) is 5.02 Å². The topological polar surface area (TPSA) is 80.7 Å². The molecule has 0 unspecified atom stereocenters. The zero-order valence-corrected chi connectivity index (χ0v) is 18.6. The number of nitrogens with one attached hydrogen (secondary N) is 2. The predicted octanol–water partition coefficient (Wildman–Crippen LogP) is 4.10. The van der Waals surface area contributed by atoms with Crippen LogP contribution in [0.4, 0.5) is 16.2 Å². The third kappa shape index (κ3) is 5.59. The number of para-hydroxylation sites is 1. The Hall–Kier alpha value is -3.07. The minimum absolute atomic E-state index is 0.334. The van der Waals surface area contributed by atoms with E-state index in [4.69, 9.17) is 21.1 Å². The van der Waals surface area contributed by atoms with Gasteiger partial charge in [-0.15, -0.1) is 0 Å². The number of carbonyl (C=O) groups is 1. The number of morpholine rings is 1. The Bertz CT molecular complexity index is 1030. The molecule has 0 aliphatic carbocycles. The van der Waals surface area contributed by atoms with Crippen LogP contribution in [-0.4, -0.2) is 60.2 Å². The van der Waals surface area contributed by atoms with Crippen molar-refractivity contribution in [1.82, 2.24) is 14.7 Å². The minimum Gasteiger partial charge on any atom is -0.492 e. The average Bonchev–Trinajstić information content (AvgIpc) is 3.14. The number of rotatable bonds is 7. The van der Waals surface area contributed by atoms with Crippen LogP contribution in [0.25, 0.3) is 11.3 Å². The van der Waals surface area contributed by atoms with E-state index in [1.165, 1.54) is 0 Å². The molecular formula is C23H26ClN5O3. The smallest absolute Gasteiger partial charge is 0.323 e. The molecule has 0 saturated carbocycles. The molecule has 2 N–H and O–H groups in total. The Labute approximate surface area is 192 Å². The average molecular weight is 456 g/mol. The molecule has 2 aromatic carbocycles. The quantitative estimate of drug-likeness (QED) is 0.560. The second-order valence-corrected chi connectivity index (χ2v) is 7.83. The van der Waals surface area contributed by atoms with Crippen molar-refractivity contribution in [2.75, 3.05) is 50.1 Å². The lowest BCUT2D eigenvalue weighted by Crippen LogP contribution is -2.38. The van der Waals surface area contributed by atoms with Crippen LogP contribution in [-0.2, 0) is 11.8 Å². The van der Waals surface area contributed by atoms with Gasteiger partial charge < -0.3 is 20.1 Å². The van der Waals surface area contributed by atoms with Crippen molar-refractivity contribution in [3.05, 3.63) is 59.8 Å².